The summed E-state index contributed by atoms with van der Waals surface area (Å²) in [4.78, 5) is 2.44. The molecule has 106 valence electrons. The van der Waals surface area contributed by atoms with Gasteiger partial charge in [0.1, 0.15) is 5.75 Å². The smallest absolute Gasteiger partial charge is 0.142 e. The van der Waals surface area contributed by atoms with E-state index < -0.39 is 0 Å². The third-order valence-electron chi connectivity index (χ3n) is 4.25. The standard InChI is InChI=1S/C16H25NO2/c1-16(2)10-8-13(9-11-18)12-17(16)14-6-4-5-7-15(14)19-3/h4-7,13,18H,8-12H2,1-3H3. The van der Waals surface area contributed by atoms with Crippen molar-refractivity contribution >= 4 is 5.69 Å². The minimum Gasteiger partial charge on any atom is -0.495 e. The maximum atomic E-state index is 9.16. The summed E-state index contributed by atoms with van der Waals surface area (Å²) in [5.74, 6) is 1.50. The quantitative estimate of drug-likeness (QED) is 0.906. The number of hydrogen-bond acceptors (Lipinski definition) is 3. The molecule has 0 radical (unpaired) electrons. The van der Waals surface area contributed by atoms with E-state index in [1.165, 1.54) is 6.42 Å². The van der Waals surface area contributed by atoms with Gasteiger partial charge in [0.25, 0.3) is 0 Å². The van der Waals surface area contributed by atoms with Gasteiger partial charge in [0.15, 0.2) is 0 Å². The van der Waals surface area contributed by atoms with Crippen LogP contribution < -0.4 is 9.64 Å². The van der Waals surface area contributed by atoms with Crippen molar-refractivity contribution < 1.29 is 9.84 Å². The molecule has 1 atom stereocenters. The summed E-state index contributed by atoms with van der Waals surface area (Å²) in [6.45, 7) is 5.85. The first kappa shape index (κ1) is 14.2. The molecule has 1 N–H and O–H groups in total. The molecule has 0 spiro atoms. The molecule has 1 aromatic carbocycles. The first-order chi connectivity index (χ1) is 9.08. The normalized spacial score (nSPS) is 22.3. The molecular formula is C16H25NO2. The molecule has 3 nitrogen and oxygen atoms in total. The Balaban J connectivity index is 2.27. The zero-order chi connectivity index (χ0) is 13.9. The van der Waals surface area contributed by atoms with Gasteiger partial charge in [-0.05, 0) is 51.2 Å². The molecule has 1 saturated heterocycles. The summed E-state index contributed by atoms with van der Waals surface area (Å²) in [5.41, 5.74) is 1.30. The molecule has 0 aromatic heterocycles. The second kappa shape index (κ2) is 5.83. The SMILES string of the molecule is COc1ccccc1N1CC(CCO)CCC1(C)C. The van der Waals surface area contributed by atoms with E-state index in [2.05, 4.69) is 30.9 Å². The predicted molar refractivity (Wildman–Crippen MR) is 78.8 cm³/mol. The highest BCUT2D eigenvalue weighted by Gasteiger charge is 2.35. The van der Waals surface area contributed by atoms with Gasteiger partial charge in [0.05, 0.1) is 12.8 Å². The van der Waals surface area contributed by atoms with Crippen molar-refractivity contribution in [1.29, 1.82) is 0 Å². The summed E-state index contributed by atoms with van der Waals surface area (Å²) in [5, 5.41) is 9.16. The van der Waals surface area contributed by atoms with Crippen molar-refractivity contribution in [3.8, 4) is 5.75 Å². The number of hydrogen-bond donors (Lipinski definition) is 1. The summed E-state index contributed by atoms with van der Waals surface area (Å²) >= 11 is 0. The van der Waals surface area contributed by atoms with Crippen LogP contribution in [0.25, 0.3) is 0 Å². The van der Waals surface area contributed by atoms with Gasteiger partial charge in [-0.15, -0.1) is 0 Å². The van der Waals surface area contributed by atoms with Crippen LogP contribution in [0.5, 0.6) is 5.75 Å². The van der Waals surface area contributed by atoms with E-state index in [0.717, 1.165) is 30.8 Å². The van der Waals surface area contributed by atoms with Gasteiger partial charge in [-0.25, -0.2) is 0 Å². The molecule has 0 bridgehead atoms. The van der Waals surface area contributed by atoms with E-state index in [-0.39, 0.29) is 12.1 Å². The average Bonchev–Trinajstić information content (AvgIpc) is 2.41. The molecular weight excluding hydrogens is 238 g/mol. The molecule has 0 aliphatic carbocycles. The maximum Gasteiger partial charge on any atom is 0.142 e. The number of aliphatic hydroxyl groups excluding tert-OH is 1. The van der Waals surface area contributed by atoms with Crippen LogP contribution in [0.3, 0.4) is 0 Å². The lowest BCUT2D eigenvalue weighted by Crippen LogP contribution is -2.50. The number of para-hydroxylation sites is 2. The van der Waals surface area contributed by atoms with Gasteiger partial charge < -0.3 is 14.7 Å². The molecule has 1 aliphatic heterocycles. The fourth-order valence-corrected chi connectivity index (χ4v) is 2.98. The number of rotatable bonds is 4. The van der Waals surface area contributed by atoms with Gasteiger partial charge in [0, 0.05) is 18.7 Å². The maximum absolute atomic E-state index is 9.16. The largest absolute Gasteiger partial charge is 0.495 e. The van der Waals surface area contributed by atoms with E-state index in [1.54, 1.807) is 7.11 Å². The lowest BCUT2D eigenvalue weighted by atomic mass is 9.83. The molecule has 2 rings (SSSR count). The Morgan fingerprint density at radius 3 is 2.79 bits per heavy atom. The summed E-state index contributed by atoms with van der Waals surface area (Å²) in [6.07, 6.45) is 3.23. The van der Waals surface area contributed by atoms with Gasteiger partial charge in [-0.1, -0.05) is 12.1 Å². The minimum absolute atomic E-state index is 0.139. The molecule has 0 saturated carbocycles. The molecule has 3 heteroatoms. The molecule has 1 aromatic rings. The third kappa shape index (κ3) is 3.03. The van der Waals surface area contributed by atoms with Gasteiger partial charge in [-0.3, -0.25) is 0 Å². The van der Waals surface area contributed by atoms with Crippen molar-refractivity contribution in [3.05, 3.63) is 24.3 Å². The molecule has 0 amide bonds. The second-order valence-electron chi connectivity index (χ2n) is 6.01. The van der Waals surface area contributed by atoms with Crippen LogP contribution in [0, 0.1) is 5.92 Å². The Labute approximate surface area is 116 Å². The lowest BCUT2D eigenvalue weighted by Gasteiger charge is -2.47. The third-order valence-corrected chi connectivity index (χ3v) is 4.25. The van der Waals surface area contributed by atoms with Crippen LogP contribution in [-0.2, 0) is 0 Å². The summed E-state index contributed by atoms with van der Waals surface area (Å²) < 4.78 is 5.50. The van der Waals surface area contributed by atoms with E-state index >= 15 is 0 Å². The van der Waals surface area contributed by atoms with Crippen LogP contribution in [0.15, 0.2) is 24.3 Å². The van der Waals surface area contributed by atoms with Gasteiger partial charge in [-0.2, -0.15) is 0 Å². The second-order valence-corrected chi connectivity index (χ2v) is 6.01. The number of methoxy groups -OCH3 is 1. The zero-order valence-corrected chi connectivity index (χ0v) is 12.2. The minimum atomic E-state index is 0.139. The van der Waals surface area contributed by atoms with Crippen molar-refractivity contribution in [2.24, 2.45) is 5.92 Å². The van der Waals surface area contributed by atoms with E-state index in [0.29, 0.717) is 5.92 Å². The van der Waals surface area contributed by atoms with Crippen molar-refractivity contribution in [2.45, 2.75) is 38.6 Å². The van der Waals surface area contributed by atoms with Crippen molar-refractivity contribution in [3.63, 3.8) is 0 Å². The predicted octanol–water partition coefficient (Wildman–Crippen LogP) is 3.07. The highest BCUT2D eigenvalue weighted by atomic mass is 16.5. The number of aliphatic hydroxyl groups is 1. The van der Waals surface area contributed by atoms with Crippen LogP contribution in [0.1, 0.15) is 33.1 Å². The highest BCUT2D eigenvalue weighted by Crippen LogP contribution is 2.39. The van der Waals surface area contributed by atoms with Crippen LogP contribution in [0.4, 0.5) is 5.69 Å². The van der Waals surface area contributed by atoms with E-state index in [1.807, 2.05) is 12.1 Å². The number of anilines is 1. The number of benzene rings is 1. The Morgan fingerprint density at radius 1 is 1.37 bits per heavy atom. The Morgan fingerprint density at radius 2 is 2.11 bits per heavy atom. The highest BCUT2D eigenvalue weighted by molar-refractivity contribution is 5.60. The van der Waals surface area contributed by atoms with Crippen LogP contribution in [-0.4, -0.2) is 30.9 Å². The fraction of sp³-hybridized carbons (Fsp3) is 0.625. The molecule has 1 fully saturated rings. The average molecular weight is 263 g/mol. The molecule has 1 unspecified atom stereocenters. The number of nitrogens with zero attached hydrogens (tertiary/aromatic N) is 1. The molecule has 1 heterocycles. The van der Waals surface area contributed by atoms with Crippen LogP contribution in [0.2, 0.25) is 0 Å². The van der Waals surface area contributed by atoms with E-state index in [4.69, 9.17) is 9.84 Å². The van der Waals surface area contributed by atoms with Crippen LogP contribution >= 0.6 is 0 Å². The zero-order valence-electron chi connectivity index (χ0n) is 12.2. The Kier molecular flexibility index (Phi) is 4.35. The Hall–Kier alpha value is -1.22. The number of ether oxygens (including phenoxy) is 1. The summed E-state index contributed by atoms with van der Waals surface area (Å²) in [6, 6.07) is 8.21. The monoisotopic (exact) mass is 263 g/mol. The van der Waals surface area contributed by atoms with Crippen molar-refractivity contribution in [1.82, 2.24) is 0 Å². The summed E-state index contributed by atoms with van der Waals surface area (Å²) in [7, 11) is 1.72. The first-order valence-corrected chi connectivity index (χ1v) is 7.10. The molecule has 1 aliphatic rings. The first-order valence-electron chi connectivity index (χ1n) is 7.10. The molecule has 19 heavy (non-hydrogen) atoms. The lowest BCUT2D eigenvalue weighted by molar-refractivity contribution is 0.217. The fourth-order valence-electron chi connectivity index (χ4n) is 2.98. The van der Waals surface area contributed by atoms with Gasteiger partial charge >= 0.3 is 0 Å². The van der Waals surface area contributed by atoms with Gasteiger partial charge in [0.2, 0.25) is 0 Å². The van der Waals surface area contributed by atoms with E-state index in [9.17, 15) is 0 Å². The topological polar surface area (TPSA) is 32.7 Å². The van der Waals surface area contributed by atoms with Crippen molar-refractivity contribution in [2.75, 3.05) is 25.2 Å². The number of piperidine rings is 1. The Bertz CT molecular complexity index is 417.